The van der Waals surface area contributed by atoms with Crippen molar-refractivity contribution in [2.75, 3.05) is 26.8 Å². The third-order valence-electron chi connectivity index (χ3n) is 5.05. The molecule has 0 bridgehead atoms. The molecule has 2 atom stereocenters. The molecule has 1 fully saturated rings. The van der Waals surface area contributed by atoms with Crippen molar-refractivity contribution in [3.8, 4) is 5.75 Å². The lowest BCUT2D eigenvalue weighted by molar-refractivity contribution is 0.108. The zero-order valence-electron chi connectivity index (χ0n) is 14.3. The van der Waals surface area contributed by atoms with Crippen LogP contribution in [0.25, 0.3) is 0 Å². The number of methoxy groups -OCH3 is 1. The number of hydrogen-bond donors (Lipinski definition) is 1. The van der Waals surface area contributed by atoms with Gasteiger partial charge in [-0.05, 0) is 37.0 Å². The molecule has 0 spiro atoms. The van der Waals surface area contributed by atoms with Crippen molar-refractivity contribution in [1.29, 1.82) is 0 Å². The van der Waals surface area contributed by atoms with Crippen LogP contribution in [0, 0.1) is 6.92 Å². The highest BCUT2D eigenvalue weighted by atomic mass is 16.5. The highest BCUT2D eigenvalue weighted by Gasteiger charge is 2.35. The molecule has 0 amide bonds. The Hall–Kier alpha value is -1.92. The minimum atomic E-state index is 0.234. The van der Waals surface area contributed by atoms with Gasteiger partial charge in [-0.25, -0.2) is 4.98 Å². The molecule has 1 aromatic heterocycles. The second kappa shape index (κ2) is 6.53. The lowest BCUT2D eigenvalue weighted by Crippen LogP contribution is -2.28. The first-order valence-corrected chi connectivity index (χ1v) is 8.63. The minimum absolute atomic E-state index is 0.234. The number of H-pyrrole nitrogens is 1. The van der Waals surface area contributed by atoms with Crippen LogP contribution in [0.5, 0.6) is 5.75 Å². The van der Waals surface area contributed by atoms with Gasteiger partial charge < -0.3 is 9.47 Å². The predicted molar refractivity (Wildman–Crippen MR) is 90.2 cm³/mol. The Morgan fingerprint density at radius 2 is 2.33 bits per heavy atom. The van der Waals surface area contributed by atoms with E-state index in [2.05, 4.69) is 38.3 Å². The first-order valence-electron chi connectivity index (χ1n) is 8.63. The Kier molecular flexibility index (Phi) is 4.24. The first kappa shape index (κ1) is 15.6. The van der Waals surface area contributed by atoms with Gasteiger partial charge in [0.15, 0.2) is 5.82 Å². The van der Waals surface area contributed by atoms with Gasteiger partial charge in [0.2, 0.25) is 0 Å². The zero-order chi connectivity index (χ0) is 16.5. The Bertz CT molecular complexity index is 715. The standard InChI is InChI=1S/C18H24N4O2/c1-12-19-18(21-20-12)16-10-15(23-2)11-22(16)7-5-13-3-4-17-14(9-13)6-8-24-17/h3-4,9,15-16H,5-8,10-11H2,1-2H3,(H,19,20,21)/t15-,16+/m1/s1. The van der Waals surface area contributed by atoms with Crippen molar-refractivity contribution in [2.45, 2.75) is 38.3 Å². The molecule has 128 valence electrons. The van der Waals surface area contributed by atoms with Gasteiger partial charge in [-0.15, -0.1) is 0 Å². The van der Waals surface area contributed by atoms with E-state index in [4.69, 9.17) is 9.47 Å². The molecule has 2 aromatic rings. The molecule has 2 aliphatic rings. The maximum atomic E-state index is 5.59. The summed E-state index contributed by atoms with van der Waals surface area (Å²) in [6, 6.07) is 6.81. The molecule has 0 aliphatic carbocycles. The summed E-state index contributed by atoms with van der Waals surface area (Å²) in [7, 11) is 1.79. The number of aryl methyl sites for hydroxylation is 1. The van der Waals surface area contributed by atoms with Crippen LogP contribution >= 0.6 is 0 Å². The van der Waals surface area contributed by atoms with Crippen LogP contribution in [0.3, 0.4) is 0 Å². The normalized spacial score (nSPS) is 23.4. The number of ether oxygens (including phenoxy) is 2. The molecule has 24 heavy (non-hydrogen) atoms. The number of fused-ring (bicyclic) bond motifs is 1. The van der Waals surface area contributed by atoms with Gasteiger partial charge in [0.05, 0.1) is 18.8 Å². The van der Waals surface area contributed by atoms with Crippen LogP contribution in [0.4, 0.5) is 0 Å². The van der Waals surface area contributed by atoms with E-state index in [1.807, 2.05) is 6.92 Å². The third kappa shape index (κ3) is 3.03. The average molecular weight is 328 g/mol. The summed E-state index contributed by atoms with van der Waals surface area (Å²) in [5.74, 6) is 2.80. The molecule has 4 rings (SSSR count). The number of nitrogens with one attached hydrogen (secondary N) is 1. The second-order valence-corrected chi connectivity index (χ2v) is 6.67. The van der Waals surface area contributed by atoms with Crippen molar-refractivity contribution in [3.05, 3.63) is 41.0 Å². The summed E-state index contributed by atoms with van der Waals surface area (Å²) in [5, 5.41) is 7.33. The summed E-state index contributed by atoms with van der Waals surface area (Å²) < 4.78 is 11.2. The van der Waals surface area contributed by atoms with E-state index in [-0.39, 0.29) is 12.1 Å². The van der Waals surface area contributed by atoms with E-state index in [9.17, 15) is 0 Å². The van der Waals surface area contributed by atoms with Crippen LogP contribution < -0.4 is 4.74 Å². The largest absolute Gasteiger partial charge is 0.493 e. The van der Waals surface area contributed by atoms with Gasteiger partial charge >= 0.3 is 0 Å². The predicted octanol–water partition coefficient (Wildman–Crippen LogP) is 2.05. The molecule has 1 N–H and O–H groups in total. The molecule has 3 heterocycles. The summed E-state index contributed by atoms with van der Waals surface area (Å²) in [6.45, 7) is 4.67. The zero-order valence-corrected chi connectivity index (χ0v) is 14.3. The topological polar surface area (TPSA) is 63.3 Å². The van der Waals surface area contributed by atoms with Crippen molar-refractivity contribution < 1.29 is 9.47 Å². The van der Waals surface area contributed by atoms with Crippen LogP contribution in [0.2, 0.25) is 0 Å². The Labute approximate surface area is 142 Å². The first-order chi connectivity index (χ1) is 11.7. The number of likely N-dealkylation sites (tertiary alicyclic amines) is 1. The van der Waals surface area contributed by atoms with Crippen LogP contribution in [-0.2, 0) is 17.6 Å². The Morgan fingerprint density at radius 3 is 3.12 bits per heavy atom. The lowest BCUT2D eigenvalue weighted by atomic mass is 10.1. The van der Waals surface area contributed by atoms with E-state index in [0.29, 0.717) is 0 Å². The van der Waals surface area contributed by atoms with E-state index in [0.717, 1.165) is 56.4 Å². The van der Waals surface area contributed by atoms with Crippen molar-refractivity contribution in [2.24, 2.45) is 0 Å². The molecule has 2 aliphatic heterocycles. The SMILES string of the molecule is CO[C@@H]1C[C@@H](c2n[nH]c(C)n2)N(CCc2ccc3c(c2)CCO3)C1. The summed E-state index contributed by atoms with van der Waals surface area (Å²) in [5.41, 5.74) is 2.70. The monoisotopic (exact) mass is 328 g/mol. The van der Waals surface area contributed by atoms with Gasteiger partial charge in [0, 0.05) is 26.6 Å². The fourth-order valence-electron chi connectivity index (χ4n) is 3.73. The quantitative estimate of drug-likeness (QED) is 0.910. The number of rotatable bonds is 5. The molecular formula is C18H24N4O2. The molecule has 6 heteroatoms. The average Bonchev–Trinajstić information content (AvgIpc) is 3.31. The van der Waals surface area contributed by atoms with E-state index in [1.54, 1.807) is 7.11 Å². The molecule has 1 saturated heterocycles. The molecule has 6 nitrogen and oxygen atoms in total. The highest BCUT2D eigenvalue weighted by Crippen LogP contribution is 2.32. The fraction of sp³-hybridized carbons (Fsp3) is 0.556. The van der Waals surface area contributed by atoms with E-state index >= 15 is 0 Å². The fourth-order valence-corrected chi connectivity index (χ4v) is 3.73. The van der Waals surface area contributed by atoms with Gasteiger partial charge in [0.1, 0.15) is 11.6 Å². The van der Waals surface area contributed by atoms with Gasteiger partial charge in [0.25, 0.3) is 0 Å². The van der Waals surface area contributed by atoms with Gasteiger partial charge in [-0.2, -0.15) is 5.10 Å². The number of benzene rings is 1. The summed E-state index contributed by atoms with van der Waals surface area (Å²) in [4.78, 5) is 6.98. The molecule has 0 radical (unpaired) electrons. The number of aromatic amines is 1. The summed E-state index contributed by atoms with van der Waals surface area (Å²) in [6.07, 6.45) is 3.25. The smallest absolute Gasteiger partial charge is 0.167 e. The number of aromatic nitrogens is 3. The minimum Gasteiger partial charge on any atom is -0.493 e. The van der Waals surface area contributed by atoms with Crippen LogP contribution in [0.15, 0.2) is 18.2 Å². The Balaban J connectivity index is 1.45. The summed E-state index contributed by atoms with van der Waals surface area (Å²) >= 11 is 0. The molecule has 0 saturated carbocycles. The van der Waals surface area contributed by atoms with Crippen molar-refractivity contribution in [3.63, 3.8) is 0 Å². The van der Waals surface area contributed by atoms with Crippen molar-refractivity contribution >= 4 is 0 Å². The number of hydrogen-bond acceptors (Lipinski definition) is 5. The number of nitrogens with zero attached hydrogens (tertiary/aromatic N) is 3. The maximum absolute atomic E-state index is 5.59. The third-order valence-corrected chi connectivity index (χ3v) is 5.05. The van der Waals surface area contributed by atoms with Gasteiger partial charge in [-0.1, -0.05) is 12.1 Å². The van der Waals surface area contributed by atoms with Crippen molar-refractivity contribution in [1.82, 2.24) is 20.1 Å². The second-order valence-electron chi connectivity index (χ2n) is 6.67. The van der Waals surface area contributed by atoms with Crippen LogP contribution in [0.1, 0.15) is 35.2 Å². The molecule has 0 unspecified atom stereocenters. The maximum Gasteiger partial charge on any atom is 0.167 e. The van der Waals surface area contributed by atoms with Crippen LogP contribution in [-0.4, -0.2) is 53.0 Å². The lowest BCUT2D eigenvalue weighted by Gasteiger charge is -2.21. The van der Waals surface area contributed by atoms with E-state index < -0.39 is 0 Å². The molecular weight excluding hydrogens is 304 g/mol. The molecule has 1 aromatic carbocycles. The highest BCUT2D eigenvalue weighted by molar-refractivity contribution is 5.39. The van der Waals surface area contributed by atoms with E-state index in [1.165, 1.54) is 11.1 Å². The Morgan fingerprint density at radius 1 is 1.42 bits per heavy atom. The van der Waals surface area contributed by atoms with Gasteiger partial charge in [-0.3, -0.25) is 10.00 Å².